The molecular weight excluding hydrogens is 304 g/mol. The van der Waals surface area contributed by atoms with Gasteiger partial charge in [-0.2, -0.15) is 0 Å². The lowest BCUT2D eigenvalue weighted by Gasteiger charge is -2.42. The second-order valence-electron chi connectivity index (χ2n) is 6.64. The standard InChI is InChI=1S/C16H27ClN2OS/c17-15-5-4-14(21-15)13(12-19-10-8-18-9-11-19)16(20)6-2-1-3-7-16/h4,13,15,18,20H,1-3,5-12H2. The third-order valence-corrected chi connectivity index (χ3v) is 6.75. The van der Waals surface area contributed by atoms with E-state index in [1.54, 1.807) is 11.8 Å². The van der Waals surface area contributed by atoms with Gasteiger partial charge in [0.2, 0.25) is 0 Å². The van der Waals surface area contributed by atoms with Crippen molar-refractivity contribution in [2.75, 3.05) is 32.7 Å². The first-order valence-electron chi connectivity index (χ1n) is 8.34. The summed E-state index contributed by atoms with van der Waals surface area (Å²) in [5.41, 5.74) is -0.511. The second kappa shape index (κ2) is 7.22. The van der Waals surface area contributed by atoms with Gasteiger partial charge in [-0.15, -0.1) is 23.4 Å². The van der Waals surface area contributed by atoms with E-state index in [2.05, 4.69) is 16.3 Å². The minimum Gasteiger partial charge on any atom is -0.389 e. The van der Waals surface area contributed by atoms with Crippen LogP contribution in [0.1, 0.15) is 38.5 Å². The molecule has 21 heavy (non-hydrogen) atoms. The van der Waals surface area contributed by atoms with Crippen LogP contribution in [0.4, 0.5) is 0 Å². The smallest absolute Gasteiger partial charge is 0.0867 e. The quantitative estimate of drug-likeness (QED) is 0.777. The molecule has 0 amide bonds. The fourth-order valence-electron chi connectivity index (χ4n) is 3.87. The molecule has 1 aliphatic carbocycles. The molecule has 120 valence electrons. The van der Waals surface area contributed by atoms with Crippen molar-refractivity contribution in [3.8, 4) is 0 Å². The molecule has 3 aliphatic rings. The minimum absolute atomic E-state index is 0.165. The molecular formula is C16H27ClN2OS. The van der Waals surface area contributed by atoms with Gasteiger partial charge in [0.15, 0.2) is 0 Å². The zero-order chi connectivity index (χ0) is 14.7. The molecule has 0 radical (unpaired) electrons. The van der Waals surface area contributed by atoms with Gasteiger partial charge in [-0.25, -0.2) is 0 Å². The van der Waals surface area contributed by atoms with E-state index in [1.165, 1.54) is 11.3 Å². The van der Waals surface area contributed by atoms with E-state index in [1.807, 2.05) is 0 Å². The number of halogens is 1. The number of aliphatic hydroxyl groups is 1. The van der Waals surface area contributed by atoms with Crippen LogP contribution in [0.5, 0.6) is 0 Å². The van der Waals surface area contributed by atoms with E-state index >= 15 is 0 Å². The second-order valence-corrected chi connectivity index (χ2v) is 8.70. The molecule has 0 spiro atoms. The highest BCUT2D eigenvalue weighted by molar-refractivity contribution is 8.05. The molecule has 0 bridgehead atoms. The Labute approximate surface area is 137 Å². The normalized spacial score (nSPS) is 31.9. The number of alkyl halides is 1. The van der Waals surface area contributed by atoms with Crippen LogP contribution in [0.3, 0.4) is 0 Å². The summed E-state index contributed by atoms with van der Waals surface area (Å²) in [6, 6.07) is 0. The lowest BCUT2D eigenvalue weighted by atomic mass is 9.75. The Kier molecular flexibility index (Phi) is 5.55. The van der Waals surface area contributed by atoms with E-state index in [0.717, 1.165) is 64.8 Å². The van der Waals surface area contributed by atoms with Gasteiger partial charge in [-0.05, 0) is 24.2 Å². The Morgan fingerprint density at radius 3 is 2.67 bits per heavy atom. The Morgan fingerprint density at radius 1 is 1.33 bits per heavy atom. The van der Waals surface area contributed by atoms with E-state index in [-0.39, 0.29) is 10.6 Å². The van der Waals surface area contributed by atoms with Gasteiger partial charge in [0.1, 0.15) is 0 Å². The zero-order valence-corrected chi connectivity index (χ0v) is 14.3. The molecule has 1 saturated carbocycles. The molecule has 2 unspecified atom stereocenters. The largest absolute Gasteiger partial charge is 0.389 e. The summed E-state index contributed by atoms with van der Waals surface area (Å²) in [5.74, 6) is 0.254. The molecule has 2 heterocycles. The fraction of sp³-hybridized carbons (Fsp3) is 0.875. The molecule has 0 aromatic rings. The van der Waals surface area contributed by atoms with Crippen molar-refractivity contribution in [3.05, 3.63) is 11.0 Å². The summed E-state index contributed by atoms with van der Waals surface area (Å²) in [4.78, 5) is 3.86. The van der Waals surface area contributed by atoms with Crippen molar-refractivity contribution in [3.63, 3.8) is 0 Å². The van der Waals surface area contributed by atoms with Crippen LogP contribution in [-0.4, -0.2) is 53.0 Å². The summed E-state index contributed by atoms with van der Waals surface area (Å²) in [7, 11) is 0. The van der Waals surface area contributed by atoms with Crippen molar-refractivity contribution in [2.45, 2.75) is 48.8 Å². The van der Waals surface area contributed by atoms with E-state index in [4.69, 9.17) is 11.6 Å². The summed E-state index contributed by atoms with van der Waals surface area (Å²) in [5, 5.41) is 14.7. The number of nitrogens with one attached hydrogen (secondary N) is 1. The number of allylic oxidation sites excluding steroid dienone is 1. The monoisotopic (exact) mass is 330 g/mol. The SMILES string of the molecule is OC1(C(CN2CCNCC2)C2=CCC(Cl)S2)CCCCC1. The Morgan fingerprint density at radius 2 is 2.05 bits per heavy atom. The van der Waals surface area contributed by atoms with E-state index in [9.17, 15) is 5.11 Å². The van der Waals surface area contributed by atoms with E-state index < -0.39 is 5.60 Å². The van der Waals surface area contributed by atoms with Gasteiger partial charge in [0.05, 0.1) is 10.3 Å². The first-order valence-corrected chi connectivity index (χ1v) is 9.65. The lowest BCUT2D eigenvalue weighted by molar-refractivity contribution is -0.0445. The molecule has 0 aromatic heterocycles. The first kappa shape index (κ1) is 16.1. The van der Waals surface area contributed by atoms with Gasteiger partial charge in [0, 0.05) is 38.6 Å². The number of hydrogen-bond acceptors (Lipinski definition) is 4. The predicted octanol–water partition coefficient (Wildman–Crippen LogP) is 2.79. The Hall–Kier alpha value is 0.260. The Bertz CT molecular complexity index is 378. The van der Waals surface area contributed by atoms with Crippen LogP contribution in [-0.2, 0) is 0 Å². The molecule has 2 atom stereocenters. The number of piperazine rings is 1. The predicted molar refractivity (Wildman–Crippen MR) is 90.8 cm³/mol. The fourth-order valence-corrected chi connectivity index (χ4v) is 5.40. The van der Waals surface area contributed by atoms with Crippen LogP contribution in [0.2, 0.25) is 0 Å². The van der Waals surface area contributed by atoms with Gasteiger partial charge in [0.25, 0.3) is 0 Å². The molecule has 0 aromatic carbocycles. The molecule has 3 rings (SSSR count). The van der Waals surface area contributed by atoms with Crippen LogP contribution in [0.25, 0.3) is 0 Å². The molecule has 1 saturated heterocycles. The highest BCUT2D eigenvalue weighted by atomic mass is 35.5. The van der Waals surface area contributed by atoms with Crippen LogP contribution in [0, 0.1) is 5.92 Å². The average molecular weight is 331 g/mol. The first-order chi connectivity index (χ1) is 10.2. The van der Waals surface area contributed by atoms with Crippen molar-refractivity contribution in [2.24, 2.45) is 5.92 Å². The van der Waals surface area contributed by atoms with Gasteiger partial charge >= 0.3 is 0 Å². The van der Waals surface area contributed by atoms with Gasteiger partial charge in [-0.3, -0.25) is 0 Å². The van der Waals surface area contributed by atoms with E-state index in [0.29, 0.717) is 0 Å². The maximum Gasteiger partial charge on any atom is 0.0867 e. The zero-order valence-electron chi connectivity index (χ0n) is 12.7. The highest BCUT2D eigenvalue weighted by Gasteiger charge is 2.42. The number of nitrogens with zero attached hydrogens (tertiary/aromatic N) is 1. The van der Waals surface area contributed by atoms with Crippen LogP contribution < -0.4 is 5.32 Å². The topological polar surface area (TPSA) is 35.5 Å². The number of hydrogen-bond donors (Lipinski definition) is 2. The summed E-state index contributed by atoms with van der Waals surface area (Å²) in [6.07, 6.45) is 8.72. The third-order valence-electron chi connectivity index (χ3n) is 5.13. The summed E-state index contributed by atoms with van der Waals surface area (Å²) < 4.78 is 0.165. The molecule has 3 nitrogen and oxygen atoms in total. The highest BCUT2D eigenvalue weighted by Crippen LogP contribution is 2.47. The van der Waals surface area contributed by atoms with Crippen molar-refractivity contribution >= 4 is 23.4 Å². The van der Waals surface area contributed by atoms with Gasteiger partial charge in [-0.1, -0.05) is 25.3 Å². The van der Waals surface area contributed by atoms with Crippen molar-refractivity contribution < 1.29 is 5.11 Å². The van der Waals surface area contributed by atoms with Gasteiger partial charge < -0.3 is 15.3 Å². The van der Waals surface area contributed by atoms with Crippen LogP contribution in [0.15, 0.2) is 11.0 Å². The third kappa shape index (κ3) is 3.97. The average Bonchev–Trinajstić information content (AvgIpc) is 2.93. The molecule has 2 N–H and O–H groups in total. The maximum atomic E-state index is 11.3. The lowest BCUT2D eigenvalue weighted by Crippen LogP contribution is -2.50. The molecule has 2 aliphatic heterocycles. The number of thioether (sulfide) groups is 1. The number of rotatable bonds is 4. The minimum atomic E-state index is -0.511. The Balaban J connectivity index is 1.73. The van der Waals surface area contributed by atoms with Crippen LogP contribution >= 0.6 is 23.4 Å². The molecule has 2 fully saturated rings. The maximum absolute atomic E-state index is 11.3. The summed E-state index contributed by atoms with van der Waals surface area (Å²) in [6.45, 7) is 5.30. The molecule has 5 heteroatoms. The van der Waals surface area contributed by atoms with Crippen molar-refractivity contribution in [1.82, 2.24) is 10.2 Å². The van der Waals surface area contributed by atoms with Crippen molar-refractivity contribution in [1.29, 1.82) is 0 Å². The summed E-state index contributed by atoms with van der Waals surface area (Å²) >= 11 is 8.06.